The largest absolute Gasteiger partial charge is 0.453 e. The Hall–Kier alpha value is -0.920. The lowest BCUT2D eigenvalue weighted by Gasteiger charge is -2.39. The number of alkyl carbamates (subject to hydrolysis) is 1. The lowest BCUT2D eigenvalue weighted by atomic mass is 10.1. The highest BCUT2D eigenvalue weighted by atomic mass is 35.6. The van der Waals surface area contributed by atoms with Crippen molar-refractivity contribution in [2.45, 2.75) is 16.9 Å². The summed E-state index contributed by atoms with van der Waals surface area (Å²) in [5.74, 6) is -0.922. The van der Waals surface area contributed by atoms with Crippen molar-refractivity contribution in [3.63, 3.8) is 0 Å². The molecule has 0 radical (unpaired) electrons. The van der Waals surface area contributed by atoms with Crippen molar-refractivity contribution >= 4 is 52.8 Å². The maximum Gasteiger partial charge on any atom is 0.408 e. The van der Waals surface area contributed by atoms with Crippen LogP contribution in [0.3, 0.4) is 0 Å². The molecule has 19 heavy (non-hydrogen) atoms. The SMILES string of the molecule is COC(=O)NC(N1CC(C)C(=O)NC1=O)C(Cl)(Cl)Cl. The highest BCUT2D eigenvalue weighted by molar-refractivity contribution is 6.68. The van der Waals surface area contributed by atoms with E-state index in [4.69, 9.17) is 34.8 Å². The average molecular weight is 333 g/mol. The average Bonchev–Trinajstić information content (AvgIpc) is 2.29. The number of hydrogen-bond acceptors (Lipinski definition) is 4. The highest BCUT2D eigenvalue weighted by Crippen LogP contribution is 2.33. The third-order valence-corrected chi connectivity index (χ3v) is 3.09. The Morgan fingerprint density at radius 2 is 2.11 bits per heavy atom. The molecule has 1 fully saturated rings. The molecule has 0 saturated carbocycles. The van der Waals surface area contributed by atoms with Crippen LogP contribution < -0.4 is 10.6 Å². The summed E-state index contributed by atoms with van der Waals surface area (Å²) in [5.41, 5.74) is 0. The summed E-state index contributed by atoms with van der Waals surface area (Å²) in [6.07, 6.45) is -2.13. The van der Waals surface area contributed by atoms with Gasteiger partial charge in [0, 0.05) is 6.54 Å². The van der Waals surface area contributed by atoms with Gasteiger partial charge < -0.3 is 4.74 Å². The summed E-state index contributed by atoms with van der Waals surface area (Å²) in [7, 11) is 1.13. The molecule has 2 N–H and O–H groups in total. The number of carbonyl (C=O) groups is 3. The van der Waals surface area contributed by atoms with Crippen LogP contribution in [0.4, 0.5) is 9.59 Å². The van der Waals surface area contributed by atoms with Gasteiger partial charge in [0.05, 0.1) is 13.0 Å². The smallest absolute Gasteiger partial charge is 0.408 e. The minimum Gasteiger partial charge on any atom is -0.453 e. The molecular weight excluding hydrogens is 320 g/mol. The van der Waals surface area contributed by atoms with E-state index in [1.807, 2.05) is 0 Å². The summed E-state index contributed by atoms with van der Waals surface area (Å²) in [6, 6.07) is -0.754. The number of imide groups is 1. The van der Waals surface area contributed by atoms with E-state index in [-0.39, 0.29) is 6.54 Å². The summed E-state index contributed by atoms with van der Waals surface area (Å²) < 4.78 is 2.42. The maximum atomic E-state index is 11.7. The fourth-order valence-corrected chi connectivity index (χ4v) is 2.01. The number of nitrogens with one attached hydrogen (secondary N) is 2. The van der Waals surface area contributed by atoms with Gasteiger partial charge in [0.1, 0.15) is 0 Å². The van der Waals surface area contributed by atoms with Gasteiger partial charge in [0.25, 0.3) is 0 Å². The summed E-state index contributed by atoms with van der Waals surface area (Å²) in [4.78, 5) is 35.3. The molecule has 0 aromatic heterocycles. The van der Waals surface area contributed by atoms with Gasteiger partial charge in [-0.2, -0.15) is 0 Å². The Morgan fingerprint density at radius 1 is 1.53 bits per heavy atom. The predicted molar refractivity (Wildman–Crippen MR) is 69.0 cm³/mol. The zero-order valence-electron chi connectivity index (χ0n) is 10.1. The molecule has 1 aliphatic heterocycles. The molecule has 0 aromatic rings. The quantitative estimate of drug-likeness (QED) is 0.744. The molecule has 0 aliphatic carbocycles. The van der Waals surface area contributed by atoms with Gasteiger partial charge in [-0.05, 0) is 0 Å². The summed E-state index contributed by atoms with van der Waals surface area (Å²) in [5, 5.41) is 4.34. The van der Waals surface area contributed by atoms with Crippen LogP contribution in [-0.4, -0.2) is 46.5 Å². The van der Waals surface area contributed by atoms with Crippen molar-refractivity contribution in [2.24, 2.45) is 5.92 Å². The van der Waals surface area contributed by atoms with Crippen molar-refractivity contribution in [3.05, 3.63) is 0 Å². The lowest BCUT2D eigenvalue weighted by Crippen LogP contribution is -2.64. The number of nitrogens with zero attached hydrogens (tertiary/aromatic N) is 1. The Morgan fingerprint density at radius 3 is 2.58 bits per heavy atom. The fraction of sp³-hybridized carbons (Fsp3) is 0.667. The van der Waals surface area contributed by atoms with Gasteiger partial charge in [-0.3, -0.25) is 20.3 Å². The number of urea groups is 1. The number of carbonyl (C=O) groups excluding carboxylic acids is 3. The maximum absolute atomic E-state index is 11.7. The molecule has 2 atom stereocenters. The molecule has 2 unspecified atom stereocenters. The first kappa shape index (κ1) is 16.1. The number of amides is 4. The molecule has 0 aromatic carbocycles. The first-order chi connectivity index (χ1) is 8.66. The van der Waals surface area contributed by atoms with Crippen LogP contribution in [0.15, 0.2) is 0 Å². The topological polar surface area (TPSA) is 87.7 Å². The second kappa shape index (κ2) is 6.02. The van der Waals surface area contributed by atoms with Crippen LogP contribution in [0.25, 0.3) is 0 Å². The summed E-state index contributed by atoms with van der Waals surface area (Å²) in [6.45, 7) is 1.61. The molecule has 10 heteroatoms. The van der Waals surface area contributed by atoms with Gasteiger partial charge in [-0.1, -0.05) is 41.7 Å². The van der Waals surface area contributed by atoms with E-state index in [0.717, 1.165) is 12.0 Å². The van der Waals surface area contributed by atoms with E-state index < -0.39 is 33.9 Å². The third-order valence-electron chi connectivity index (χ3n) is 2.47. The van der Waals surface area contributed by atoms with Crippen molar-refractivity contribution in [3.8, 4) is 0 Å². The van der Waals surface area contributed by atoms with Crippen LogP contribution in [0.2, 0.25) is 0 Å². The molecule has 1 heterocycles. The number of alkyl halides is 3. The van der Waals surface area contributed by atoms with E-state index >= 15 is 0 Å². The molecule has 7 nitrogen and oxygen atoms in total. The molecule has 108 valence electrons. The Labute approximate surface area is 124 Å². The second-order valence-electron chi connectivity index (χ2n) is 3.93. The Bertz CT molecular complexity index is 399. The van der Waals surface area contributed by atoms with Crippen molar-refractivity contribution < 1.29 is 19.1 Å². The number of hydrogen-bond donors (Lipinski definition) is 2. The van der Waals surface area contributed by atoms with Gasteiger partial charge in [-0.15, -0.1) is 0 Å². The van der Waals surface area contributed by atoms with E-state index in [0.29, 0.717) is 0 Å². The molecule has 1 rings (SSSR count). The predicted octanol–water partition coefficient (Wildman–Crippen LogP) is 1.23. The number of halogens is 3. The molecular formula is C9H12Cl3N3O4. The normalized spacial score (nSPS) is 21.7. The van der Waals surface area contributed by atoms with E-state index in [1.165, 1.54) is 0 Å². The Balaban J connectivity index is 2.94. The monoisotopic (exact) mass is 331 g/mol. The van der Waals surface area contributed by atoms with E-state index in [1.54, 1.807) is 6.92 Å². The van der Waals surface area contributed by atoms with Gasteiger partial charge in [-0.25, -0.2) is 9.59 Å². The fourth-order valence-electron chi connectivity index (χ4n) is 1.49. The Kier molecular flexibility index (Phi) is 5.11. The van der Waals surface area contributed by atoms with Gasteiger partial charge in [0.2, 0.25) is 9.70 Å². The molecule has 4 amide bonds. The summed E-state index contributed by atoms with van der Waals surface area (Å²) >= 11 is 17.2. The van der Waals surface area contributed by atoms with E-state index in [2.05, 4.69) is 15.4 Å². The van der Waals surface area contributed by atoms with E-state index in [9.17, 15) is 14.4 Å². The van der Waals surface area contributed by atoms with Crippen LogP contribution in [-0.2, 0) is 9.53 Å². The highest BCUT2D eigenvalue weighted by Gasteiger charge is 2.44. The lowest BCUT2D eigenvalue weighted by molar-refractivity contribution is -0.125. The zero-order valence-corrected chi connectivity index (χ0v) is 12.3. The number of ether oxygens (including phenoxy) is 1. The van der Waals surface area contributed by atoms with Crippen LogP contribution in [0.5, 0.6) is 0 Å². The van der Waals surface area contributed by atoms with Crippen molar-refractivity contribution in [1.29, 1.82) is 0 Å². The minimum absolute atomic E-state index is 0.00718. The van der Waals surface area contributed by atoms with Crippen LogP contribution in [0.1, 0.15) is 6.92 Å². The molecule has 1 aliphatic rings. The first-order valence-electron chi connectivity index (χ1n) is 5.19. The molecule has 0 spiro atoms. The second-order valence-corrected chi connectivity index (χ2v) is 6.30. The van der Waals surface area contributed by atoms with Crippen molar-refractivity contribution in [1.82, 2.24) is 15.5 Å². The first-order valence-corrected chi connectivity index (χ1v) is 6.33. The minimum atomic E-state index is -1.98. The standard InChI is InChI=1S/C9H12Cl3N3O4/c1-4-3-15(7(17)13-5(4)16)6(9(10,11)12)14-8(18)19-2/h4,6H,3H2,1-2H3,(H,14,18)(H,13,16,17). The number of methoxy groups -OCH3 is 1. The van der Waals surface area contributed by atoms with Gasteiger partial charge in [0.15, 0.2) is 6.17 Å². The van der Waals surface area contributed by atoms with Crippen molar-refractivity contribution in [2.75, 3.05) is 13.7 Å². The van der Waals surface area contributed by atoms with Crippen LogP contribution in [0, 0.1) is 5.92 Å². The van der Waals surface area contributed by atoms with Gasteiger partial charge >= 0.3 is 12.1 Å². The third kappa shape index (κ3) is 4.02. The molecule has 0 bridgehead atoms. The van der Waals surface area contributed by atoms with Crippen LogP contribution >= 0.6 is 34.8 Å². The number of rotatable bonds is 2. The zero-order chi connectivity index (χ0) is 14.8. The molecule has 1 saturated heterocycles.